The minimum absolute atomic E-state index is 0.0632. The third-order valence-electron chi connectivity index (χ3n) is 3.75. The minimum atomic E-state index is -0.364. The monoisotopic (exact) mass is 319 g/mol. The number of methoxy groups -OCH3 is 1. The molecular weight excluding hydrogens is 302 g/mol. The summed E-state index contributed by atoms with van der Waals surface area (Å²) >= 11 is 0. The van der Waals surface area contributed by atoms with Crippen molar-refractivity contribution in [3.8, 4) is 0 Å². The van der Waals surface area contributed by atoms with E-state index in [0.717, 1.165) is 22.0 Å². The molecule has 0 aliphatic heterocycles. The van der Waals surface area contributed by atoms with Gasteiger partial charge in [-0.05, 0) is 40.6 Å². The number of esters is 1. The molecule has 0 aliphatic carbocycles. The molecule has 0 bridgehead atoms. The zero-order chi connectivity index (χ0) is 16.9. The predicted molar refractivity (Wildman–Crippen MR) is 94.1 cm³/mol. The van der Waals surface area contributed by atoms with E-state index in [1.165, 1.54) is 7.11 Å². The van der Waals surface area contributed by atoms with Crippen molar-refractivity contribution in [3.63, 3.8) is 0 Å². The molecule has 4 heteroatoms. The number of carbonyl (C=O) groups is 2. The molecule has 0 unspecified atom stereocenters. The van der Waals surface area contributed by atoms with E-state index in [-0.39, 0.29) is 11.9 Å². The number of rotatable bonds is 4. The number of benzene rings is 3. The molecule has 0 atom stereocenters. The van der Waals surface area contributed by atoms with Gasteiger partial charge in [0.15, 0.2) is 0 Å². The largest absolute Gasteiger partial charge is 0.465 e. The van der Waals surface area contributed by atoms with Crippen molar-refractivity contribution in [1.82, 2.24) is 0 Å². The third kappa shape index (κ3) is 3.60. The quantitative estimate of drug-likeness (QED) is 0.744. The van der Waals surface area contributed by atoms with E-state index in [1.807, 2.05) is 54.6 Å². The molecular formula is C20H17NO3. The van der Waals surface area contributed by atoms with Gasteiger partial charge in [-0.1, -0.05) is 42.5 Å². The summed E-state index contributed by atoms with van der Waals surface area (Å²) in [6.07, 6.45) is 0.333. The Morgan fingerprint density at radius 1 is 0.917 bits per heavy atom. The van der Waals surface area contributed by atoms with Crippen LogP contribution in [0.15, 0.2) is 66.7 Å². The molecule has 3 rings (SSSR count). The van der Waals surface area contributed by atoms with Gasteiger partial charge >= 0.3 is 5.97 Å². The molecule has 3 aromatic rings. The molecule has 3 aromatic carbocycles. The van der Waals surface area contributed by atoms with Crippen molar-refractivity contribution in [1.29, 1.82) is 0 Å². The first-order valence-corrected chi connectivity index (χ1v) is 7.61. The molecule has 0 aliphatic rings. The fourth-order valence-electron chi connectivity index (χ4n) is 2.55. The average molecular weight is 319 g/mol. The number of fused-ring (bicyclic) bond motifs is 1. The van der Waals surface area contributed by atoms with E-state index in [9.17, 15) is 9.59 Å². The summed E-state index contributed by atoms with van der Waals surface area (Å²) in [6.45, 7) is 0. The molecule has 0 aromatic heterocycles. The van der Waals surface area contributed by atoms with E-state index < -0.39 is 0 Å². The highest BCUT2D eigenvalue weighted by Gasteiger charge is 2.08. The molecule has 4 nitrogen and oxygen atoms in total. The van der Waals surface area contributed by atoms with Crippen molar-refractivity contribution in [2.24, 2.45) is 0 Å². The second-order valence-electron chi connectivity index (χ2n) is 5.48. The average Bonchev–Trinajstić information content (AvgIpc) is 2.61. The molecule has 1 N–H and O–H groups in total. The van der Waals surface area contributed by atoms with Crippen LogP contribution in [0.2, 0.25) is 0 Å². The van der Waals surface area contributed by atoms with Gasteiger partial charge in [0.2, 0.25) is 5.91 Å². The van der Waals surface area contributed by atoms with Crippen LogP contribution in [0.4, 0.5) is 5.69 Å². The zero-order valence-electron chi connectivity index (χ0n) is 13.3. The van der Waals surface area contributed by atoms with Crippen molar-refractivity contribution in [2.45, 2.75) is 6.42 Å². The van der Waals surface area contributed by atoms with Gasteiger partial charge in [0.1, 0.15) is 0 Å². The van der Waals surface area contributed by atoms with Crippen LogP contribution in [0, 0.1) is 0 Å². The molecule has 0 saturated heterocycles. The van der Waals surface area contributed by atoms with Gasteiger partial charge in [-0.2, -0.15) is 0 Å². The highest BCUT2D eigenvalue weighted by Crippen LogP contribution is 2.21. The van der Waals surface area contributed by atoms with Crippen LogP contribution in [0.25, 0.3) is 10.8 Å². The van der Waals surface area contributed by atoms with Crippen molar-refractivity contribution in [3.05, 3.63) is 77.9 Å². The van der Waals surface area contributed by atoms with E-state index in [4.69, 9.17) is 4.74 Å². The van der Waals surface area contributed by atoms with E-state index in [2.05, 4.69) is 5.32 Å². The number of hydrogen-bond acceptors (Lipinski definition) is 3. The summed E-state index contributed by atoms with van der Waals surface area (Å²) in [4.78, 5) is 23.7. The lowest BCUT2D eigenvalue weighted by Gasteiger charge is -2.08. The van der Waals surface area contributed by atoms with Gasteiger partial charge in [0.25, 0.3) is 0 Å². The Balaban J connectivity index is 1.76. The Kier molecular flexibility index (Phi) is 4.57. The van der Waals surface area contributed by atoms with Crippen LogP contribution in [0.3, 0.4) is 0 Å². The second kappa shape index (κ2) is 6.96. The van der Waals surface area contributed by atoms with Crippen LogP contribution in [-0.2, 0) is 16.0 Å². The van der Waals surface area contributed by atoms with Gasteiger partial charge < -0.3 is 10.1 Å². The van der Waals surface area contributed by atoms with Gasteiger partial charge in [-0.3, -0.25) is 4.79 Å². The summed E-state index contributed by atoms with van der Waals surface area (Å²) in [5.41, 5.74) is 2.21. The summed E-state index contributed by atoms with van der Waals surface area (Å²) in [7, 11) is 1.36. The predicted octanol–water partition coefficient (Wildman–Crippen LogP) is 3.81. The second-order valence-corrected chi connectivity index (χ2v) is 5.48. The number of carbonyl (C=O) groups excluding carboxylic acids is 2. The van der Waals surface area contributed by atoms with Crippen LogP contribution >= 0.6 is 0 Å². The molecule has 0 fully saturated rings. The Morgan fingerprint density at radius 3 is 2.38 bits per heavy atom. The Hall–Kier alpha value is -3.14. The van der Waals surface area contributed by atoms with Gasteiger partial charge in [0.05, 0.1) is 19.1 Å². The number of hydrogen-bond donors (Lipinski definition) is 1. The van der Waals surface area contributed by atoms with Crippen LogP contribution < -0.4 is 5.32 Å². The molecule has 120 valence electrons. The number of nitrogens with one attached hydrogen (secondary N) is 1. The summed E-state index contributed by atoms with van der Waals surface area (Å²) < 4.78 is 4.72. The molecule has 0 spiro atoms. The highest BCUT2D eigenvalue weighted by molar-refractivity contribution is 5.98. The number of ether oxygens (including phenoxy) is 1. The molecule has 24 heavy (non-hydrogen) atoms. The first kappa shape index (κ1) is 15.7. The normalized spacial score (nSPS) is 10.4. The maximum Gasteiger partial charge on any atom is 0.337 e. The fourth-order valence-corrected chi connectivity index (χ4v) is 2.55. The van der Waals surface area contributed by atoms with Crippen molar-refractivity contribution >= 4 is 28.3 Å². The zero-order valence-corrected chi connectivity index (χ0v) is 13.3. The molecule has 0 saturated carbocycles. The Labute approximate surface area is 140 Å². The maximum absolute atomic E-state index is 12.1. The van der Waals surface area contributed by atoms with Crippen LogP contribution in [0.1, 0.15) is 15.9 Å². The minimum Gasteiger partial charge on any atom is -0.465 e. The summed E-state index contributed by atoms with van der Waals surface area (Å²) in [5, 5.41) is 4.76. The van der Waals surface area contributed by atoms with Crippen molar-refractivity contribution < 1.29 is 14.3 Å². The Bertz CT molecular complexity index is 888. The van der Waals surface area contributed by atoms with E-state index >= 15 is 0 Å². The first-order valence-electron chi connectivity index (χ1n) is 7.61. The van der Waals surface area contributed by atoms with Gasteiger partial charge in [-0.15, -0.1) is 0 Å². The topological polar surface area (TPSA) is 55.4 Å². The van der Waals surface area contributed by atoms with Crippen LogP contribution in [-0.4, -0.2) is 19.0 Å². The SMILES string of the molecule is COC(=O)c1ccc2cc(NC(=O)Cc3ccccc3)ccc2c1. The van der Waals surface area contributed by atoms with Crippen molar-refractivity contribution in [2.75, 3.05) is 12.4 Å². The number of anilines is 1. The third-order valence-corrected chi connectivity index (χ3v) is 3.75. The van der Waals surface area contributed by atoms with Crippen LogP contribution in [0.5, 0.6) is 0 Å². The van der Waals surface area contributed by atoms with Gasteiger partial charge in [0, 0.05) is 5.69 Å². The lowest BCUT2D eigenvalue weighted by Crippen LogP contribution is -2.14. The van der Waals surface area contributed by atoms with E-state index in [0.29, 0.717) is 12.0 Å². The Morgan fingerprint density at radius 2 is 1.62 bits per heavy atom. The van der Waals surface area contributed by atoms with Gasteiger partial charge in [-0.25, -0.2) is 4.79 Å². The lowest BCUT2D eigenvalue weighted by molar-refractivity contribution is -0.115. The first-order chi connectivity index (χ1) is 11.7. The standard InChI is InChI=1S/C20H17NO3/c1-24-20(23)17-8-7-16-13-18(10-9-15(16)12-17)21-19(22)11-14-5-3-2-4-6-14/h2-10,12-13H,11H2,1H3,(H,21,22). The smallest absolute Gasteiger partial charge is 0.337 e. The molecule has 0 heterocycles. The summed E-state index contributed by atoms with van der Waals surface area (Å²) in [5.74, 6) is -0.427. The summed E-state index contributed by atoms with van der Waals surface area (Å²) in [6, 6.07) is 20.5. The van der Waals surface area contributed by atoms with E-state index in [1.54, 1.807) is 12.1 Å². The number of amides is 1. The molecule has 0 radical (unpaired) electrons. The maximum atomic E-state index is 12.1. The fraction of sp³-hybridized carbons (Fsp3) is 0.100. The highest BCUT2D eigenvalue weighted by atomic mass is 16.5. The lowest BCUT2D eigenvalue weighted by atomic mass is 10.1. The molecule has 1 amide bonds.